The van der Waals surface area contributed by atoms with Crippen molar-refractivity contribution < 1.29 is 57.2 Å². The summed E-state index contributed by atoms with van der Waals surface area (Å²) in [7, 11) is 8.12. The van der Waals surface area contributed by atoms with Crippen molar-refractivity contribution in [3.63, 3.8) is 0 Å². The summed E-state index contributed by atoms with van der Waals surface area (Å²) in [6.07, 6.45) is 0. The first-order valence-corrected chi connectivity index (χ1v) is 12.5. The molecule has 0 saturated heterocycles. The van der Waals surface area contributed by atoms with Gasteiger partial charge in [-0.2, -0.15) is 0 Å². The lowest BCUT2D eigenvalue weighted by Crippen LogP contribution is -2.54. The highest BCUT2D eigenvalue weighted by molar-refractivity contribution is 6.09. The van der Waals surface area contributed by atoms with Crippen molar-refractivity contribution >= 4 is 35.8 Å². The van der Waals surface area contributed by atoms with E-state index >= 15 is 0 Å². The number of carbonyl (C=O) groups excluding carboxylic acids is 6. The molecule has 0 aromatic heterocycles. The van der Waals surface area contributed by atoms with Crippen LogP contribution in [0.1, 0.15) is 27.7 Å². The minimum Gasteiger partial charge on any atom is -0.468 e. The van der Waals surface area contributed by atoms with Gasteiger partial charge in [0.2, 0.25) is 0 Å². The first-order chi connectivity index (χ1) is 19.7. The van der Waals surface area contributed by atoms with E-state index < -0.39 is 53.7 Å². The Hall–Kier alpha value is -4.62. The molecule has 2 aliphatic rings. The Morgan fingerprint density at radius 3 is 1.29 bits per heavy atom. The van der Waals surface area contributed by atoms with Crippen LogP contribution >= 0.6 is 0 Å². The van der Waals surface area contributed by atoms with Gasteiger partial charge in [0.25, 0.3) is 0 Å². The summed E-state index contributed by atoms with van der Waals surface area (Å²) < 4.78 is 30.1. The summed E-state index contributed by atoms with van der Waals surface area (Å²) in [5, 5.41) is 0. The minimum absolute atomic E-state index is 0.0633. The molecule has 0 radical (unpaired) electrons. The van der Waals surface area contributed by atoms with Crippen LogP contribution in [0.5, 0.6) is 0 Å². The van der Waals surface area contributed by atoms with E-state index in [1.54, 1.807) is 20.9 Å². The van der Waals surface area contributed by atoms with E-state index in [9.17, 15) is 28.8 Å². The largest absolute Gasteiger partial charge is 0.468 e. The molecule has 14 heteroatoms. The predicted octanol–water partition coefficient (Wildman–Crippen LogP) is 0.984. The number of allylic oxidation sites excluding steroid dienone is 4. The number of carbonyl (C=O) groups is 6. The van der Waals surface area contributed by atoms with E-state index in [1.165, 1.54) is 23.6 Å². The molecule has 0 aromatic carbocycles. The van der Waals surface area contributed by atoms with E-state index in [2.05, 4.69) is 0 Å². The molecule has 2 aliphatic heterocycles. The van der Waals surface area contributed by atoms with Gasteiger partial charge in [-0.3, -0.25) is 9.59 Å². The molecule has 0 saturated carbocycles. The fraction of sp³-hybridized carbons (Fsp3) is 0.500. The second kappa shape index (κ2) is 12.9. The quantitative estimate of drug-likeness (QED) is 0.289. The van der Waals surface area contributed by atoms with Crippen LogP contribution in [0.4, 0.5) is 0 Å². The summed E-state index contributed by atoms with van der Waals surface area (Å²) in [6, 6.07) is 0. The average Bonchev–Trinajstić information content (AvgIpc) is 2.99. The number of hydrogen-bond acceptors (Lipinski definition) is 14. The van der Waals surface area contributed by atoms with Gasteiger partial charge in [0.15, 0.2) is 5.41 Å². The Morgan fingerprint density at radius 1 is 0.595 bits per heavy atom. The van der Waals surface area contributed by atoms with Crippen LogP contribution in [-0.4, -0.2) is 102 Å². The molecule has 230 valence electrons. The summed E-state index contributed by atoms with van der Waals surface area (Å²) in [4.78, 5) is 82.8. The van der Waals surface area contributed by atoms with E-state index in [-0.39, 0.29) is 45.1 Å². The second-order valence-corrected chi connectivity index (χ2v) is 9.38. The van der Waals surface area contributed by atoms with Crippen molar-refractivity contribution in [3.8, 4) is 0 Å². The van der Waals surface area contributed by atoms with Gasteiger partial charge in [0, 0.05) is 36.4 Å². The van der Waals surface area contributed by atoms with Gasteiger partial charge in [-0.1, -0.05) is 0 Å². The molecule has 0 aromatic rings. The highest BCUT2D eigenvalue weighted by Crippen LogP contribution is 2.49. The number of methoxy groups -OCH3 is 6. The highest BCUT2D eigenvalue weighted by Gasteiger charge is 2.59. The van der Waals surface area contributed by atoms with Gasteiger partial charge >= 0.3 is 35.8 Å². The Balaban J connectivity index is 3.18. The fourth-order valence-electron chi connectivity index (χ4n) is 5.46. The molecule has 2 rings (SSSR count). The van der Waals surface area contributed by atoms with Crippen LogP contribution in [0.3, 0.4) is 0 Å². The smallest absolute Gasteiger partial charge is 0.337 e. The van der Waals surface area contributed by atoms with Gasteiger partial charge in [0.1, 0.15) is 5.92 Å². The molecular weight excluding hydrogens is 556 g/mol. The lowest BCUT2D eigenvalue weighted by Gasteiger charge is -2.46. The van der Waals surface area contributed by atoms with E-state index in [0.29, 0.717) is 0 Å². The third kappa shape index (κ3) is 5.12. The topological polar surface area (TPSA) is 164 Å². The molecule has 0 amide bonds. The molecule has 42 heavy (non-hydrogen) atoms. The third-order valence-corrected chi connectivity index (χ3v) is 7.71. The van der Waals surface area contributed by atoms with Gasteiger partial charge in [-0.05, 0) is 27.7 Å². The standard InChI is InChI=1S/C28H36N2O12/c1-13-17(22(31)37-6)19(24(33)39-8)18(23(32)38-7)14(2)30(13)12-28(27(36)42-11)20(25(34)40-9)15(3)29(5)16(4)21(28)26(35)41-10/h19H,12H2,1-11H3. The average molecular weight is 593 g/mol. The fourth-order valence-corrected chi connectivity index (χ4v) is 5.46. The van der Waals surface area contributed by atoms with E-state index in [0.717, 1.165) is 42.7 Å². The monoisotopic (exact) mass is 592 g/mol. The summed E-state index contributed by atoms with van der Waals surface area (Å²) >= 11 is 0. The zero-order chi connectivity index (χ0) is 32.3. The van der Waals surface area contributed by atoms with Crippen molar-refractivity contribution in [3.05, 3.63) is 45.1 Å². The lowest BCUT2D eigenvalue weighted by atomic mass is 9.68. The summed E-state index contributed by atoms with van der Waals surface area (Å²) in [5.41, 5.74) is -2.66. The first kappa shape index (κ1) is 33.6. The van der Waals surface area contributed by atoms with E-state index in [4.69, 9.17) is 28.4 Å². The number of ether oxygens (including phenoxy) is 6. The molecule has 2 heterocycles. The molecule has 14 nitrogen and oxygen atoms in total. The lowest BCUT2D eigenvalue weighted by molar-refractivity contribution is -0.155. The highest BCUT2D eigenvalue weighted by atomic mass is 16.5. The van der Waals surface area contributed by atoms with Gasteiger partial charge in [-0.25, -0.2) is 19.2 Å². The van der Waals surface area contributed by atoms with Gasteiger partial charge in [-0.15, -0.1) is 0 Å². The Morgan fingerprint density at radius 2 is 0.976 bits per heavy atom. The molecular formula is C28H36N2O12. The molecule has 0 spiro atoms. The van der Waals surface area contributed by atoms with Gasteiger partial charge in [0.05, 0.1) is 65.0 Å². The van der Waals surface area contributed by atoms with Crippen molar-refractivity contribution in [2.75, 3.05) is 56.3 Å². The number of esters is 6. The van der Waals surface area contributed by atoms with Crippen LogP contribution < -0.4 is 0 Å². The maximum atomic E-state index is 14.0. The zero-order valence-electron chi connectivity index (χ0n) is 25.6. The van der Waals surface area contributed by atoms with Crippen LogP contribution in [0.25, 0.3) is 0 Å². The molecule has 0 atom stereocenters. The minimum atomic E-state index is -2.22. The Bertz CT molecular complexity index is 1270. The van der Waals surface area contributed by atoms with Crippen molar-refractivity contribution in [2.24, 2.45) is 11.3 Å². The molecule has 0 bridgehead atoms. The molecule has 0 aliphatic carbocycles. The van der Waals surface area contributed by atoms with Crippen molar-refractivity contribution in [2.45, 2.75) is 27.7 Å². The predicted molar refractivity (Wildman–Crippen MR) is 143 cm³/mol. The van der Waals surface area contributed by atoms with Crippen LogP contribution in [0.2, 0.25) is 0 Å². The number of nitrogens with zero attached hydrogens (tertiary/aromatic N) is 2. The van der Waals surface area contributed by atoms with Crippen LogP contribution in [0.15, 0.2) is 45.1 Å². The molecule has 0 unspecified atom stereocenters. The van der Waals surface area contributed by atoms with Crippen LogP contribution in [-0.2, 0) is 57.2 Å². The number of rotatable bonds is 8. The summed E-state index contributed by atoms with van der Waals surface area (Å²) in [5.74, 6) is -7.39. The first-order valence-electron chi connectivity index (χ1n) is 12.5. The molecule has 0 N–H and O–H groups in total. The Kier molecular flexibility index (Phi) is 10.3. The van der Waals surface area contributed by atoms with Gasteiger partial charge < -0.3 is 38.2 Å². The maximum Gasteiger partial charge on any atom is 0.337 e. The summed E-state index contributed by atoms with van der Waals surface area (Å²) in [6.45, 7) is 5.42. The molecule has 0 fully saturated rings. The third-order valence-electron chi connectivity index (χ3n) is 7.71. The van der Waals surface area contributed by atoms with Crippen LogP contribution in [0, 0.1) is 11.3 Å². The number of hydrogen-bond donors (Lipinski definition) is 0. The SMILES string of the molecule is COC(=O)C1=C(C)N(CC2(C(=O)OC)C(C(=O)OC)=C(C)N(C)C(C)=C2C(=O)OC)C(C)=C(C(=O)OC)C1C(=O)OC. The van der Waals surface area contributed by atoms with E-state index in [1.807, 2.05) is 0 Å². The normalized spacial score (nSPS) is 17.2. The zero-order valence-corrected chi connectivity index (χ0v) is 25.6. The second-order valence-electron chi connectivity index (χ2n) is 9.38. The van der Waals surface area contributed by atoms with Crippen molar-refractivity contribution in [1.82, 2.24) is 9.80 Å². The Labute approximate surface area is 243 Å². The van der Waals surface area contributed by atoms with Crippen molar-refractivity contribution in [1.29, 1.82) is 0 Å². The maximum absolute atomic E-state index is 14.0.